The number of benzene rings is 2. The summed E-state index contributed by atoms with van der Waals surface area (Å²) in [6.45, 7) is -0.543. The topological polar surface area (TPSA) is 67.4 Å². The van der Waals surface area contributed by atoms with Gasteiger partial charge in [-0.15, -0.1) is 0 Å². The molecule has 0 radical (unpaired) electrons. The first-order valence-electron chi connectivity index (χ1n) is 6.73. The van der Waals surface area contributed by atoms with Crippen molar-refractivity contribution in [3.05, 3.63) is 60.2 Å². The Bertz CT molecular complexity index is 673. The monoisotopic (exact) mass is 320 g/mol. The summed E-state index contributed by atoms with van der Waals surface area (Å²) in [7, 11) is 0. The second-order valence-corrected chi connectivity index (χ2v) is 4.57. The maximum Gasteiger partial charge on any atom is 0.258 e. The molecule has 0 heterocycles. The van der Waals surface area contributed by atoms with Gasteiger partial charge in [-0.1, -0.05) is 0 Å². The first-order valence-corrected chi connectivity index (χ1v) is 6.73. The summed E-state index contributed by atoms with van der Waals surface area (Å²) in [5.74, 6) is -1.42. The molecule has 0 aliphatic carbocycles. The molecule has 0 saturated heterocycles. The molecule has 0 fully saturated rings. The number of hydrogen-bond acceptors (Lipinski definition) is 3. The number of halogens is 2. The molecule has 5 nitrogen and oxygen atoms in total. The second kappa shape index (κ2) is 7.88. The van der Waals surface area contributed by atoms with Gasteiger partial charge in [0, 0.05) is 5.69 Å². The van der Waals surface area contributed by atoms with Gasteiger partial charge in [0.15, 0.2) is 6.61 Å². The van der Waals surface area contributed by atoms with E-state index < -0.39 is 23.4 Å². The minimum absolute atomic E-state index is 0.247. The zero-order valence-corrected chi connectivity index (χ0v) is 12.0. The number of nitrogens with one attached hydrogen (secondary N) is 2. The van der Waals surface area contributed by atoms with E-state index in [-0.39, 0.29) is 13.2 Å². The highest BCUT2D eigenvalue weighted by Gasteiger charge is 2.07. The quantitative estimate of drug-likeness (QED) is 0.856. The number of carbonyl (C=O) groups excluding carboxylic acids is 2. The van der Waals surface area contributed by atoms with E-state index in [1.54, 1.807) is 0 Å². The van der Waals surface area contributed by atoms with E-state index in [1.165, 1.54) is 48.5 Å². The number of amides is 2. The Morgan fingerprint density at radius 2 is 1.43 bits per heavy atom. The molecule has 2 aromatic carbocycles. The fourth-order valence-electron chi connectivity index (χ4n) is 1.65. The molecular weight excluding hydrogens is 306 g/mol. The van der Waals surface area contributed by atoms with Gasteiger partial charge in [-0.2, -0.15) is 0 Å². The van der Waals surface area contributed by atoms with E-state index >= 15 is 0 Å². The molecule has 2 N–H and O–H groups in total. The minimum atomic E-state index is -0.497. The fourth-order valence-corrected chi connectivity index (χ4v) is 1.65. The van der Waals surface area contributed by atoms with E-state index in [9.17, 15) is 18.4 Å². The lowest BCUT2D eigenvalue weighted by molar-refractivity contribution is -0.125. The van der Waals surface area contributed by atoms with Crippen LogP contribution in [-0.4, -0.2) is 25.0 Å². The summed E-state index contributed by atoms with van der Waals surface area (Å²) in [5, 5.41) is 4.87. The summed E-state index contributed by atoms with van der Waals surface area (Å²) in [6.07, 6.45) is 0. The molecule has 7 heteroatoms. The van der Waals surface area contributed by atoms with Crippen molar-refractivity contribution >= 4 is 17.5 Å². The summed E-state index contributed by atoms with van der Waals surface area (Å²) < 4.78 is 30.6. The molecule has 0 bridgehead atoms. The smallest absolute Gasteiger partial charge is 0.258 e. The molecule has 0 unspecified atom stereocenters. The minimum Gasteiger partial charge on any atom is -0.484 e. The van der Waals surface area contributed by atoms with Gasteiger partial charge in [0.2, 0.25) is 5.91 Å². The predicted octanol–water partition coefficient (Wildman–Crippen LogP) is 2.10. The van der Waals surface area contributed by atoms with Gasteiger partial charge in [0.05, 0.1) is 6.54 Å². The van der Waals surface area contributed by atoms with E-state index in [2.05, 4.69) is 10.6 Å². The van der Waals surface area contributed by atoms with Crippen LogP contribution in [0.5, 0.6) is 5.75 Å². The van der Waals surface area contributed by atoms with E-state index in [0.29, 0.717) is 11.4 Å². The van der Waals surface area contributed by atoms with Crippen LogP contribution in [0.15, 0.2) is 48.5 Å². The largest absolute Gasteiger partial charge is 0.484 e. The van der Waals surface area contributed by atoms with Gasteiger partial charge in [-0.25, -0.2) is 8.78 Å². The number of hydrogen-bond donors (Lipinski definition) is 2. The average Bonchev–Trinajstić information content (AvgIpc) is 2.54. The Hall–Kier alpha value is -2.96. The zero-order valence-electron chi connectivity index (χ0n) is 12.0. The van der Waals surface area contributed by atoms with Gasteiger partial charge < -0.3 is 15.4 Å². The Morgan fingerprint density at radius 1 is 0.870 bits per heavy atom. The van der Waals surface area contributed by atoms with Crippen LogP contribution in [0.1, 0.15) is 0 Å². The number of ether oxygens (including phenoxy) is 1. The first kappa shape index (κ1) is 16.4. The number of anilines is 1. The van der Waals surface area contributed by atoms with E-state index in [0.717, 1.165) is 0 Å². The van der Waals surface area contributed by atoms with Crippen molar-refractivity contribution in [1.29, 1.82) is 0 Å². The van der Waals surface area contributed by atoms with Crippen LogP contribution in [0.2, 0.25) is 0 Å². The van der Waals surface area contributed by atoms with E-state index in [1.807, 2.05) is 0 Å². The lowest BCUT2D eigenvalue weighted by atomic mass is 10.3. The third-order valence-electron chi connectivity index (χ3n) is 2.76. The fraction of sp³-hybridized carbons (Fsp3) is 0.125. The summed E-state index contributed by atoms with van der Waals surface area (Å²) in [5.41, 5.74) is 0.424. The Kier molecular flexibility index (Phi) is 5.62. The van der Waals surface area contributed by atoms with Gasteiger partial charge in [-0.05, 0) is 48.5 Å². The molecule has 2 aromatic rings. The Morgan fingerprint density at radius 3 is 2.04 bits per heavy atom. The molecule has 120 valence electrons. The van der Waals surface area contributed by atoms with Crippen molar-refractivity contribution in [2.75, 3.05) is 18.5 Å². The highest BCUT2D eigenvalue weighted by molar-refractivity contribution is 5.94. The summed E-state index contributed by atoms with van der Waals surface area (Å²) in [4.78, 5) is 23.2. The van der Waals surface area contributed by atoms with E-state index in [4.69, 9.17) is 4.74 Å². The highest BCUT2D eigenvalue weighted by atomic mass is 19.1. The molecule has 2 amide bonds. The molecule has 0 atom stereocenters. The second-order valence-electron chi connectivity index (χ2n) is 4.57. The lowest BCUT2D eigenvalue weighted by Gasteiger charge is -2.08. The molecule has 0 spiro atoms. The summed E-state index contributed by atoms with van der Waals surface area (Å²) in [6, 6.07) is 10.5. The Balaban J connectivity index is 1.70. The third-order valence-corrected chi connectivity index (χ3v) is 2.76. The molecule has 0 aliphatic rings. The first-order chi connectivity index (χ1) is 11.0. The maximum atomic E-state index is 12.7. The van der Waals surface area contributed by atoms with Crippen LogP contribution in [0, 0.1) is 11.6 Å². The normalized spacial score (nSPS) is 10.0. The molecule has 0 aromatic heterocycles. The van der Waals surface area contributed by atoms with Crippen molar-refractivity contribution in [3.8, 4) is 5.75 Å². The van der Waals surface area contributed by atoms with Crippen LogP contribution in [0.4, 0.5) is 14.5 Å². The van der Waals surface area contributed by atoms with Gasteiger partial charge in [-0.3, -0.25) is 9.59 Å². The zero-order chi connectivity index (χ0) is 16.7. The van der Waals surface area contributed by atoms with Crippen molar-refractivity contribution in [3.63, 3.8) is 0 Å². The SMILES string of the molecule is O=C(COc1ccc(F)cc1)NCC(=O)Nc1ccc(F)cc1. The van der Waals surface area contributed by atoms with Gasteiger partial charge in [0.25, 0.3) is 5.91 Å². The van der Waals surface area contributed by atoms with Crippen molar-refractivity contribution < 1.29 is 23.1 Å². The molecule has 23 heavy (non-hydrogen) atoms. The van der Waals surface area contributed by atoms with Gasteiger partial charge in [0.1, 0.15) is 17.4 Å². The van der Waals surface area contributed by atoms with Crippen LogP contribution in [-0.2, 0) is 9.59 Å². The summed E-state index contributed by atoms with van der Waals surface area (Å²) >= 11 is 0. The molecule has 0 saturated carbocycles. The molecule has 0 aliphatic heterocycles. The highest BCUT2D eigenvalue weighted by Crippen LogP contribution is 2.10. The Labute approximate surface area is 131 Å². The number of rotatable bonds is 6. The lowest BCUT2D eigenvalue weighted by Crippen LogP contribution is -2.35. The average molecular weight is 320 g/mol. The maximum absolute atomic E-state index is 12.7. The standard InChI is InChI=1S/C16H14F2N2O3/c17-11-1-5-13(6-2-11)20-15(21)9-19-16(22)10-23-14-7-3-12(18)4-8-14/h1-8H,9-10H2,(H,19,22)(H,20,21). The molecular formula is C16H14F2N2O3. The van der Waals surface area contributed by atoms with Crippen LogP contribution < -0.4 is 15.4 Å². The predicted molar refractivity (Wildman–Crippen MR) is 79.9 cm³/mol. The number of carbonyl (C=O) groups is 2. The van der Waals surface area contributed by atoms with Crippen molar-refractivity contribution in [2.24, 2.45) is 0 Å². The van der Waals surface area contributed by atoms with Crippen molar-refractivity contribution in [2.45, 2.75) is 0 Å². The van der Waals surface area contributed by atoms with Crippen LogP contribution >= 0.6 is 0 Å². The third kappa shape index (κ3) is 5.74. The van der Waals surface area contributed by atoms with Crippen LogP contribution in [0.3, 0.4) is 0 Å². The molecule has 2 rings (SSSR count). The van der Waals surface area contributed by atoms with Gasteiger partial charge >= 0.3 is 0 Å². The van der Waals surface area contributed by atoms with Crippen molar-refractivity contribution in [1.82, 2.24) is 5.32 Å². The van der Waals surface area contributed by atoms with Crippen LogP contribution in [0.25, 0.3) is 0 Å².